The number of carbonyl (C=O) groups excluding carboxylic acids is 1. The number of aliphatic hydroxyl groups is 1. The minimum atomic E-state index is -0.741. The number of nitrogens with one attached hydrogen (secondary N) is 1. The molecule has 1 heterocycles. The normalized spacial score (nSPS) is 17.8. The van der Waals surface area contributed by atoms with E-state index < -0.39 is 6.10 Å². The predicted molar refractivity (Wildman–Crippen MR) is 92.1 cm³/mol. The molecule has 0 saturated carbocycles. The van der Waals surface area contributed by atoms with Gasteiger partial charge in [0.2, 0.25) is 5.91 Å². The summed E-state index contributed by atoms with van der Waals surface area (Å²) in [4.78, 5) is 15.6. The molecule has 0 radical (unpaired) electrons. The minimum absolute atomic E-state index is 0.130. The molecular weight excluding hydrogens is 309 g/mol. The number of hydrogen-bond acceptors (Lipinski definition) is 4. The molecule has 1 atom stereocenters. The Hall–Kier alpha value is -1.50. The third-order valence-electron chi connectivity index (χ3n) is 4.44. The Balaban J connectivity index is 1.80. The van der Waals surface area contributed by atoms with Gasteiger partial charge in [-0.2, -0.15) is 0 Å². The number of halogens is 1. The molecule has 0 aromatic heterocycles. The molecule has 1 aromatic carbocycles. The molecule has 1 amide bonds. The van der Waals surface area contributed by atoms with Crippen LogP contribution in [0.3, 0.4) is 0 Å². The zero-order valence-corrected chi connectivity index (χ0v) is 14.8. The van der Waals surface area contributed by atoms with Gasteiger partial charge in [0.15, 0.2) is 0 Å². The summed E-state index contributed by atoms with van der Waals surface area (Å²) in [5.74, 6) is -0.209. The first kappa shape index (κ1) is 18.8. The number of nitrogens with zero attached hydrogens (tertiary/aromatic N) is 2. The first-order chi connectivity index (χ1) is 11.3. The first-order valence-electron chi connectivity index (χ1n) is 8.43. The Morgan fingerprint density at radius 1 is 1.33 bits per heavy atom. The second-order valence-corrected chi connectivity index (χ2v) is 7.12. The number of aliphatic hydroxyl groups excluding tert-OH is 1. The second-order valence-electron chi connectivity index (χ2n) is 7.12. The lowest BCUT2D eigenvalue weighted by Gasteiger charge is -2.39. The van der Waals surface area contributed by atoms with Crippen molar-refractivity contribution in [3.63, 3.8) is 0 Å². The van der Waals surface area contributed by atoms with E-state index in [9.17, 15) is 14.3 Å². The van der Waals surface area contributed by atoms with Gasteiger partial charge in [0.1, 0.15) is 5.82 Å². The molecule has 134 valence electrons. The lowest BCUT2D eigenvalue weighted by Crippen LogP contribution is -2.55. The molecule has 1 fully saturated rings. The van der Waals surface area contributed by atoms with Crippen LogP contribution in [-0.4, -0.2) is 65.6 Å². The van der Waals surface area contributed by atoms with E-state index >= 15 is 0 Å². The second kappa shape index (κ2) is 8.05. The Bertz CT molecular complexity index is 557. The topological polar surface area (TPSA) is 55.8 Å². The van der Waals surface area contributed by atoms with Gasteiger partial charge >= 0.3 is 0 Å². The predicted octanol–water partition coefficient (Wildman–Crippen LogP) is 1.39. The summed E-state index contributed by atoms with van der Waals surface area (Å²) >= 11 is 0. The zero-order valence-electron chi connectivity index (χ0n) is 14.8. The third-order valence-corrected chi connectivity index (χ3v) is 4.44. The minimum Gasteiger partial charge on any atom is -0.387 e. The highest BCUT2D eigenvalue weighted by Crippen LogP contribution is 2.15. The van der Waals surface area contributed by atoms with Gasteiger partial charge in [0.05, 0.1) is 6.10 Å². The molecule has 6 heteroatoms. The van der Waals surface area contributed by atoms with Crippen LogP contribution in [0, 0.1) is 5.82 Å². The van der Waals surface area contributed by atoms with E-state index in [1.807, 2.05) is 4.90 Å². The molecule has 0 aliphatic carbocycles. The van der Waals surface area contributed by atoms with Crippen molar-refractivity contribution in [3.05, 3.63) is 35.6 Å². The quantitative estimate of drug-likeness (QED) is 0.824. The third kappa shape index (κ3) is 5.54. The van der Waals surface area contributed by atoms with Crippen LogP contribution in [0.5, 0.6) is 0 Å². The van der Waals surface area contributed by atoms with Crippen molar-refractivity contribution in [2.45, 2.75) is 32.4 Å². The summed E-state index contributed by atoms with van der Waals surface area (Å²) in [7, 11) is 0. The van der Waals surface area contributed by atoms with E-state index in [4.69, 9.17) is 0 Å². The first-order valence-corrected chi connectivity index (χ1v) is 8.43. The largest absolute Gasteiger partial charge is 0.387 e. The highest BCUT2D eigenvalue weighted by Gasteiger charge is 2.26. The van der Waals surface area contributed by atoms with Crippen molar-refractivity contribution in [1.82, 2.24) is 15.1 Å². The van der Waals surface area contributed by atoms with E-state index in [0.717, 1.165) is 32.7 Å². The van der Waals surface area contributed by atoms with Crippen LogP contribution in [0.25, 0.3) is 0 Å². The zero-order chi connectivity index (χ0) is 17.7. The lowest BCUT2D eigenvalue weighted by atomic mass is 10.0. The van der Waals surface area contributed by atoms with Crippen LogP contribution in [0.15, 0.2) is 24.3 Å². The molecule has 1 aliphatic heterocycles. The lowest BCUT2D eigenvalue weighted by molar-refractivity contribution is -0.130. The highest BCUT2D eigenvalue weighted by molar-refractivity contribution is 5.73. The standard InChI is InChI=1S/C18H28FN3O2/c1-14(23)22-9-7-21(8-10-22)13-18(2,3)20-12-17(24)15-5-4-6-16(19)11-15/h4-6,11,17,20,24H,7-10,12-13H2,1-3H3/t17-/m0/s1. The Labute approximate surface area is 143 Å². The molecule has 0 unspecified atom stereocenters. The summed E-state index contributed by atoms with van der Waals surface area (Å²) in [6.07, 6.45) is -0.741. The van der Waals surface area contributed by atoms with Gasteiger partial charge in [-0.1, -0.05) is 12.1 Å². The fraction of sp³-hybridized carbons (Fsp3) is 0.611. The molecule has 2 rings (SSSR count). The van der Waals surface area contributed by atoms with Crippen LogP contribution in [0.2, 0.25) is 0 Å². The highest BCUT2D eigenvalue weighted by atomic mass is 19.1. The van der Waals surface area contributed by atoms with Gasteiger partial charge in [0, 0.05) is 51.7 Å². The van der Waals surface area contributed by atoms with Crippen LogP contribution in [0.4, 0.5) is 4.39 Å². The smallest absolute Gasteiger partial charge is 0.219 e. The SMILES string of the molecule is CC(=O)N1CCN(CC(C)(C)NC[C@H](O)c2cccc(F)c2)CC1. The van der Waals surface area contributed by atoms with Crippen LogP contribution >= 0.6 is 0 Å². The molecular formula is C18H28FN3O2. The summed E-state index contributed by atoms with van der Waals surface area (Å²) in [6, 6.07) is 6.06. The fourth-order valence-corrected chi connectivity index (χ4v) is 3.04. The average molecular weight is 337 g/mol. The van der Waals surface area contributed by atoms with Gasteiger partial charge < -0.3 is 15.3 Å². The molecule has 2 N–H and O–H groups in total. The summed E-state index contributed by atoms with van der Waals surface area (Å²) < 4.78 is 13.2. The van der Waals surface area contributed by atoms with Crippen molar-refractivity contribution in [2.75, 3.05) is 39.3 Å². The molecule has 1 aromatic rings. The Kier molecular flexibility index (Phi) is 6.32. The maximum absolute atomic E-state index is 13.2. The maximum atomic E-state index is 13.2. The maximum Gasteiger partial charge on any atom is 0.219 e. The monoisotopic (exact) mass is 337 g/mol. The molecule has 24 heavy (non-hydrogen) atoms. The molecule has 0 spiro atoms. The van der Waals surface area contributed by atoms with E-state index in [0.29, 0.717) is 12.1 Å². The number of hydrogen-bond donors (Lipinski definition) is 2. The Morgan fingerprint density at radius 2 is 2.00 bits per heavy atom. The van der Waals surface area contributed by atoms with Gasteiger partial charge in [-0.15, -0.1) is 0 Å². The van der Waals surface area contributed by atoms with E-state index in [1.54, 1.807) is 19.1 Å². The van der Waals surface area contributed by atoms with Crippen molar-refractivity contribution < 1.29 is 14.3 Å². The number of carbonyl (C=O) groups is 1. The molecule has 1 saturated heterocycles. The van der Waals surface area contributed by atoms with Gasteiger partial charge in [0.25, 0.3) is 0 Å². The van der Waals surface area contributed by atoms with Gasteiger partial charge in [-0.05, 0) is 31.5 Å². The molecule has 0 bridgehead atoms. The van der Waals surface area contributed by atoms with Crippen LogP contribution < -0.4 is 5.32 Å². The molecule has 1 aliphatic rings. The van der Waals surface area contributed by atoms with E-state index in [-0.39, 0.29) is 17.3 Å². The van der Waals surface area contributed by atoms with Gasteiger partial charge in [-0.3, -0.25) is 9.69 Å². The van der Waals surface area contributed by atoms with E-state index in [1.165, 1.54) is 12.1 Å². The number of rotatable bonds is 6. The summed E-state index contributed by atoms with van der Waals surface area (Å²) in [5, 5.41) is 13.6. The molecule has 5 nitrogen and oxygen atoms in total. The number of β-amino-alcohol motifs (C(OH)–C–C–N with tert-alkyl or cyclic N) is 1. The van der Waals surface area contributed by atoms with Crippen molar-refractivity contribution in [2.24, 2.45) is 0 Å². The van der Waals surface area contributed by atoms with Crippen molar-refractivity contribution in [1.29, 1.82) is 0 Å². The number of amides is 1. The van der Waals surface area contributed by atoms with Crippen LogP contribution in [-0.2, 0) is 4.79 Å². The van der Waals surface area contributed by atoms with E-state index in [2.05, 4.69) is 24.1 Å². The number of benzene rings is 1. The van der Waals surface area contributed by atoms with Gasteiger partial charge in [-0.25, -0.2) is 4.39 Å². The summed E-state index contributed by atoms with van der Waals surface area (Å²) in [5.41, 5.74) is 0.389. The fourth-order valence-electron chi connectivity index (χ4n) is 3.04. The van der Waals surface area contributed by atoms with Crippen molar-refractivity contribution in [3.8, 4) is 0 Å². The average Bonchev–Trinajstić information content (AvgIpc) is 2.53. The Morgan fingerprint density at radius 3 is 2.58 bits per heavy atom. The van der Waals surface area contributed by atoms with Crippen LogP contribution in [0.1, 0.15) is 32.4 Å². The number of piperazine rings is 1. The van der Waals surface area contributed by atoms with Crippen molar-refractivity contribution >= 4 is 5.91 Å². The summed E-state index contributed by atoms with van der Waals surface area (Å²) in [6.45, 7) is 10.2.